The number of aromatic nitrogens is 4. The van der Waals surface area contributed by atoms with Gasteiger partial charge in [0.05, 0.1) is 18.3 Å². The number of nitrogen functional groups attached to an aromatic ring is 1. The molecular formula is C15H16ClN5O. The molecule has 0 radical (unpaired) electrons. The van der Waals surface area contributed by atoms with Crippen molar-refractivity contribution in [3.63, 3.8) is 0 Å². The van der Waals surface area contributed by atoms with Gasteiger partial charge in [0.2, 0.25) is 5.95 Å². The zero-order chi connectivity index (χ0) is 15.9. The second-order valence-corrected chi connectivity index (χ2v) is 5.49. The summed E-state index contributed by atoms with van der Waals surface area (Å²) in [5.41, 5.74) is 11.0. The second kappa shape index (κ2) is 5.46. The summed E-state index contributed by atoms with van der Waals surface area (Å²) in [6.07, 6.45) is 4.28. The topological polar surface area (TPSA) is 89.7 Å². The van der Waals surface area contributed by atoms with Crippen LogP contribution in [0.1, 0.15) is 22.4 Å². The summed E-state index contributed by atoms with van der Waals surface area (Å²) in [7, 11) is 1.67. The third-order valence-electron chi connectivity index (χ3n) is 3.68. The number of ether oxygens (including phenoxy) is 1. The van der Waals surface area contributed by atoms with Crippen LogP contribution < -0.4 is 10.5 Å². The van der Waals surface area contributed by atoms with Gasteiger partial charge in [-0.1, -0.05) is 11.6 Å². The highest BCUT2D eigenvalue weighted by molar-refractivity contribution is 6.33. The van der Waals surface area contributed by atoms with E-state index in [-0.39, 0.29) is 5.95 Å². The summed E-state index contributed by atoms with van der Waals surface area (Å²) in [5, 5.41) is 0.319. The number of aromatic amines is 1. The lowest BCUT2D eigenvalue weighted by atomic mass is 10.1. The number of nitrogens with two attached hydrogens (primary N) is 1. The smallest absolute Gasteiger partial charge is 0.222 e. The Kier molecular flexibility index (Phi) is 3.62. The van der Waals surface area contributed by atoms with Crippen LogP contribution in [0.5, 0.6) is 5.75 Å². The Balaban J connectivity index is 2.08. The second-order valence-electron chi connectivity index (χ2n) is 5.13. The standard InChI is InChI=1S/C15H16ClN5O/c1-7-5-18-10(8(2)13(7)22-3)4-9-6-19-12-11(9)20-15(17)21-14(12)16/h5-6,19H,4H2,1-3H3,(H2,17,20,21). The van der Waals surface area contributed by atoms with Crippen LogP contribution in [0.4, 0.5) is 5.95 Å². The Morgan fingerprint density at radius 1 is 1.32 bits per heavy atom. The summed E-state index contributed by atoms with van der Waals surface area (Å²) in [4.78, 5) is 15.8. The largest absolute Gasteiger partial charge is 0.496 e. The Bertz CT molecular complexity index is 859. The molecule has 0 bridgehead atoms. The number of pyridine rings is 1. The number of rotatable bonds is 3. The number of anilines is 1. The van der Waals surface area contributed by atoms with Gasteiger partial charge in [0.25, 0.3) is 0 Å². The van der Waals surface area contributed by atoms with Gasteiger partial charge < -0.3 is 15.5 Å². The van der Waals surface area contributed by atoms with E-state index in [9.17, 15) is 0 Å². The number of nitrogens with zero attached hydrogens (tertiary/aromatic N) is 3. The molecule has 0 amide bonds. The van der Waals surface area contributed by atoms with Crippen LogP contribution in [-0.2, 0) is 6.42 Å². The van der Waals surface area contributed by atoms with Crippen LogP contribution in [0, 0.1) is 13.8 Å². The Hall–Kier alpha value is -2.34. The number of hydrogen-bond donors (Lipinski definition) is 2. The Labute approximate surface area is 132 Å². The molecule has 22 heavy (non-hydrogen) atoms. The van der Waals surface area contributed by atoms with Gasteiger partial charge in [-0.2, -0.15) is 4.98 Å². The zero-order valence-electron chi connectivity index (χ0n) is 12.6. The van der Waals surface area contributed by atoms with Crippen molar-refractivity contribution in [2.24, 2.45) is 0 Å². The van der Waals surface area contributed by atoms with Crippen molar-refractivity contribution < 1.29 is 4.74 Å². The van der Waals surface area contributed by atoms with Gasteiger partial charge in [-0.3, -0.25) is 4.98 Å². The number of H-pyrrole nitrogens is 1. The van der Waals surface area contributed by atoms with Crippen LogP contribution in [0.15, 0.2) is 12.4 Å². The number of methoxy groups -OCH3 is 1. The van der Waals surface area contributed by atoms with Crippen molar-refractivity contribution in [1.82, 2.24) is 19.9 Å². The van der Waals surface area contributed by atoms with Crippen molar-refractivity contribution in [2.45, 2.75) is 20.3 Å². The van der Waals surface area contributed by atoms with Gasteiger partial charge in [0, 0.05) is 35.5 Å². The molecule has 0 atom stereocenters. The van der Waals surface area contributed by atoms with E-state index < -0.39 is 0 Å². The van der Waals surface area contributed by atoms with Crippen molar-refractivity contribution in [3.8, 4) is 5.75 Å². The third-order valence-corrected chi connectivity index (χ3v) is 3.96. The third kappa shape index (κ3) is 2.35. The number of fused-ring (bicyclic) bond motifs is 1. The summed E-state index contributed by atoms with van der Waals surface area (Å²) in [6.45, 7) is 3.97. The van der Waals surface area contributed by atoms with Gasteiger partial charge >= 0.3 is 0 Å². The van der Waals surface area contributed by atoms with Crippen LogP contribution >= 0.6 is 11.6 Å². The van der Waals surface area contributed by atoms with Gasteiger partial charge in [-0.05, 0) is 13.8 Å². The maximum absolute atomic E-state index is 6.08. The molecule has 3 heterocycles. The summed E-state index contributed by atoms with van der Waals surface area (Å²) in [5.74, 6) is 1.02. The van der Waals surface area contributed by atoms with E-state index in [4.69, 9.17) is 22.1 Å². The highest BCUT2D eigenvalue weighted by Crippen LogP contribution is 2.28. The van der Waals surface area contributed by atoms with E-state index in [2.05, 4.69) is 19.9 Å². The average Bonchev–Trinajstić information content (AvgIpc) is 2.86. The molecule has 3 N–H and O–H groups in total. The first-order valence-electron chi connectivity index (χ1n) is 6.79. The van der Waals surface area contributed by atoms with E-state index in [1.54, 1.807) is 7.11 Å². The van der Waals surface area contributed by atoms with Crippen LogP contribution in [0.2, 0.25) is 5.15 Å². The van der Waals surface area contributed by atoms with Gasteiger partial charge in [-0.15, -0.1) is 0 Å². The molecule has 3 rings (SSSR count). The molecule has 7 heteroatoms. The van der Waals surface area contributed by atoms with E-state index in [1.165, 1.54) is 0 Å². The molecule has 0 aliphatic heterocycles. The van der Waals surface area contributed by atoms with E-state index >= 15 is 0 Å². The molecule has 0 unspecified atom stereocenters. The van der Waals surface area contributed by atoms with Gasteiger partial charge in [-0.25, -0.2) is 4.98 Å². The fourth-order valence-electron chi connectivity index (χ4n) is 2.60. The van der Waals surface area contributed by atoms with Gasteiger partial charge in [0.15, 0.2) is 5.15 Å². The summed E-state index contributed by atoms with van der Waals surface area (Å²) >= 11 is 6.08. The minimum absolute atomic E-state index is 0.157. The lowest BCUT2D eigenvalue weighted by Gasteiger charge is -2.11. The molecular weight excluding hydrogens is 302 g/mol. The van der Waals surface area contributed by atoms with Crippen molar-refractivity contribution in [2.75, 3.05) is 12.8 Å². The number of halogens is 1. The Morgan fingerprint density at radius 2 is 2.09 bits per heavy atom. The van der Waals surface area contributed by atoms with E-state index in [1.807, 2.05) is 26.2 Å². The fraction of sp³-hybridized carbons (Fsp3) is 0.267. The molecule has 0 saturated heterocycles. The zero-order valence-corrected chi connectivity index (χ0v) is 13.3. The monoisotopic (exact) mass is 317 g/mol. The first-order valence-corrected chi connectivity index (χ1v) is 7.17. The minimum Gasteiger partial charge on any atom is -0.496 e. The highest BCUT2D eigenvalue weighted by Gasteiger charge is 2.15. The van der Waals surface area contributed by atoms with Gasteiger partial charge in [0.1, 0.15) is 11.3 Å². The number of nitrogens with one attached hydrogen (secondary N) is 1. The summed E-state index contributed by atoms with van der Waals surface area (Å²) in [6, 6.07) is 0. The lowest BCUT2D eigenvalue weighted by molar-refractivity contribution is 0.407. The quantitative estimate of drug-likeness (QED) is 0.725. The molecule has 6 nitrogen and oxygen atoms in total. The van der Waals surface area contributed by atoms with Crippen molar-refractivity contribution in [3.05, 3.63) is 39.9 Å². The molecule has 0 saturated carbocycles. The van der Waals surface area contributed by atoms with Crippen LogP contribution in [0.25, 0.3) is 11.0 Å². The molecule has 0 aliphatic rings. The van der Waals surface area contributed by atoms with Crippen LogP contribution in [-0.4, -0.2) is 27.0 Å². The number of hydrogen-bond acceptors (Lipinski definition) is 5. The van der Waals surface area contributed by atoms with Crippen LogP contribution in [0.3, 0.4) is 0 Å². The molecule has 114 valence electrons. The highest BCUT2D eigenvalue weighted by atomic mass is 35.5. The SMILES string of the molecule is COc1c(C)cnc(Cc2c[nH]c3c(Cl)nc(N)nc23)c1C. The normalized spacial score (nSPS) is 11.1. The van der Waals surface area contributed by atoms with E-state index in [0.29, 0.717) is 17.1 Å². The predicted molar refractivity (Wildman–Crippen MR) is 86.4 cm³/mol. The maximum Gasteiger partial charge on any atom is 0.222 e. The fourth-order valence-corrected chi connectivity index (χ4v) is 2.83. The summed E-state index contributed by atoms with van der Waals surface area (Å²) < 4.78 is 5.45. The molecule has 3 aromatic heterocycles. The predicted octanol–water partition coefficient (Wildman–Crippen LogP) is 2.80. The average molecular weight is 318 g/mol. The number of aryl methyl sites for hydroxylation is 1. The molecule has 0 aromatic carbocycles. The molecule has 0 aliphatic carbocycles. The molecule has 3 aromatic rings. The van der Waals surface area contributed by atoms with E-state index in [0.717, 1.165) is 33.7 Å². The first-order chi connectivity index (χ1) is 10.5. The molecule has 0 fully saturated rings. The van der Waals surface area contributed by atoms with Crippen molar-refractivity contribution in [1.29, 1.82) is 0 Å². The lowest BCUT2D eigenvalue weighted by Crippen LogP contribution is -2.01. The minimum atomic E-state index is 0.157. The van der Waals surface area contributed by atoms with Crippen molar-refractivity contribution >= 4 is 28.6 Å². The first kappa shape index (κ1) is 14.6. The molecule has 0 spiro atoms. The Morgan fingerprint density at radius 3 is 2.82 bits per heavy atom. The maximum atomic E-state index is 6.08.